The molecule has 0 aliphatic rings. The molecular formula is C14H12N4O3. The van der Waals surface area contributed by atoms with Crippen molar-refractivity contribution in [2.75, 3.05) is 7.11 Å². The Balaban J connectivity index is 2.15. The van der Waals surface area contributed by atoms with Gasteiger partial charge in [0.1, 0.15) is 17.1 Å². The minimum absolute atomic E-state index is 0.297. The van der Waals surface area contributed by atoms with Crippen molar-refractivity contribution in [3.05, 3.63) is 36.7 Å². The normalized spacial score (nSPS) is 10.5. The maximum absolute atomic E-state index is 10.9. The van der Waals surface area contributed by atoms with Crippen LogP contribution >= 0.6 is 0 Å². The summed E-state index contributed by atoms with van der Waals surface area (Å²) in [5.74, 6) is 1.50. The number of imidazole rings is 1. The SMILES string of the molecule is COc1ccncc1-c1nc2c(OC(N)=O)cccc2[nH]1. The van der Waals surface area contributed by atoms with Gasteiger partial charge >= 0.3 is 6.09 Å². The van der Waals surface area contributed by atoms with Crippen molar-refractivity contribution in [1.29, 1.82) is 0 Å². The summed E-state index contributed by atoms with van der Waals surface area (Å²) in [5, 5.41) is 0. The Kier molecular flexibility index (Phi) is 3.15. The lowest BCUT2D eigenvalue weighted by atomic mass is 10.2. The zero-order valence-corrected chi connectivity index (χ0v) is 11.2. The van der Waals surface area contributed by atoms with Crippen molar-refractivity contribution in [3.8, 4) is 22.9 Å². The first-order valence-electron chi connectivity index (χ1n) is 6.13. The van der Waals surface area contributed by atoms with Crippen LogP contribution in [0.5, 0.6) is 11.5 Å². The molecule has 2 heterocycles. The summed E-state index contributed by atoms with van der Waals surface area (Å²) in [7, 11) is 1.57. The van der Waals surface area contributed by atoms with E-state index in [-0.39, 0.29) is 0 Å². The van der Waals surface area contributed by atoms with Crippen LogP contribution in [0.15, 0.2) is 36.7 Å². The Morgan fingerprint density at radius 3 is 2.90 bits per heavy atom. The fraction of sp³-hybridized carbons (Fsp3) is 0.0714. The minimum atomic E-state index is -0.883. The van der Waals surface area contributed by atoms with Crippen LogP contribution < -0.4 is 15.2 Å². The molecule has 106 valence electrons. The summed E-state index contributed by atoms with van der Waals surface area (Å²) in [6.45, 7) is 0. The van der Waals surface area contributed by atoms with Crippen LogP contribution in [0.4, 0.5) is 4.79 Å². The summed E-state index contributed by atoms with van der Waals surface area (Å²) < 4.78 is 10.2. The first-order chi connectivity index (χ1) is 10.2. The number of fused-ring (bicyclic) bond motifs is 1. The summed E-state index contributed by atoms with van der Waals surface area (Å²) in [4.78, 5) is 22.6. The van der Waals surface area contributed by atoms with Crippen molar-refractivity contribution in [3.63, 3.8) is 0 Å². The summed E-state index contributed by atoms with van der Waals surface area (Å²) in [5.41, 5.74) is 6.99. The second kappa shape index (κ2) is 5.12. The largest absolute Gasteiger partial charge is 0.496 e. The van der Waals surface area contributed by atoms with Gasteiger partial charge in [0.25, 0.3) is 0 Å². The van der Waals surface area contributed by atoms with Gasteiger partial charge in [0.05, 0.1) is 18.2 Å². The zero-order chi connectivity index (χ0) is 14.8. The van der Waals surface area contributed by atoms with Gasteiger partial charge in [-0.3, -0.25) is 4.98 Å². The number of hydrogen-bond donors (Lipinski definition) is 2. The molecule has 2 aromatic heterocycles. The highest BCUT2D eigenvalue weighted by Gasteiger charge is 2.14. The highest BCUT2D eigenvalue weighted by atomic mass is 16.5. The fourth-order valence-electron chi connectivity index (χ4n) is 2.06. The smallest absolute Gasteiger partial charge is 0.410 e. The number of nitrogens with two attached hydrogens (primary N) is 1. The molecule has 0 saturated carbocycles. The van der Waals surface area contributed by atoms with Crippen LogP contribution in [-0.2, 0) is 0 Å². The molecule has 0 atom stereocenters. The first kappa shape index (κ1) is 12.9. The highest BCUT2D eigenvalue weighted by molar-refractivity contribution is 5.87. The standard InChI is InChI=1S/C14H12N4O3/c1-20-10-5-6-16-7-8(10)13-17-9-3-2-4-11(12(9)18-13)21-14(15)19/h2-7H,1H3,(H2,15,19)(H,17,18). The average Bonchev–Trinajstić information content (AvgIpc) is 2.91. The molecule has 7 heteroatoms. The van der Waals surface area contributed by atoms with E-state index in [0.29, 0.717) is 28.4 Å². The number of para-hydroxylation sites is 1. The van der Waals surface area contributed by atoms with Crippen LogP contribution in [0, 0.1) is 0 Å². The van der Waals surface area contributed by atoms with Gasteiger partial charge in [-0.05, 0) is 18.2 Å². The molecule has 21 heavy (non-hydrogen) atoms. The first-order valence-corrected chi connectivity index (χ1v) is 6.13. The third kappa shape index (κ3) is 2.36. The van der Waals surface area contributed by atoms with Gasteiger partial charge in [-0.25, -0.2) is 9.78 Å². The van der Waals surface area contributed by atoms with Crippen LogP contribution in [0.2, 0.25) is 0 Å². The van der Waals surface area contributed by atoms with E-state index >= 15 is 0 Å². The van der Waals surface area contributed by atoms with Gasteiger partial charge in [-0.1, -0.05) is 6.07 Å². The van der Waals surface area contributed by atoms with Crippen LogP contribution in [0.1, 0.15) is 0 Å². The number of pyridine rings is 1. The number of benzene rings is 1. The number of amides is 1. The lowest BCUT2D eigenvalue weighted by molar-refractivity contribution is 0.211. The summed E-state index contributed by atoms with van der Waals surface area (Å²) in [6, 6.07) is 6.92. The number of nitrogens with zero attached hydrogens (tertiary/aromatic N) is 2. The third-order valence-corrected chi connectivity index (χ3v) is 2.94. The van der Waals surface area contributed by atoms with Crippen LogP contribution in [0.25, 0.3) is 22.4 Å². The Bertz CT molecular complexity index is 813. The molecule has 0 saturated heterocycles. The maximum Gasteiger partial charge on any atom is 0.410 e. The monoisotopic (exact) mass is 284 g/mol. The maximum atomic E-state index is 10.9. The summed E-state index contributed by atoms with van der Waals surface area (Å²) in [6.07, 6.45) is 2.39. The van der Waals surface area contributed by atoms with E-state index in [2.05, 4.69) is 15.0 Å². The number of ether oxygens (including phenoxy) is 2. The second-order valence-corrected chi connectivity index (χ2v) is 4.23. The number of carbonyl (C=O) groups excluding carboxylic acids is 1. The number of nitrogens with one attached hydrogen (secondary N) is 1. The van der Waals surface area contributed by atoms with Crippen molar-refractivity contribution in [2.45, 2.75) is 0 Å². The molecule has 0 unspecified atom stereocenters. The number of rotatable bonds is 3. The quantitative estimate of drug-likeness (QED) is 0.766. The second-order valence-electron chi connectivity index (χ2n) is 4.23. The number of methoxy groups -OCH3 is 1. The van der Waals surface area contributed by atoms with Crippen molar-refractivity contribution in [2.24, 2.45) is 5.73 Å². The predicted octanol–water partition coefficient (Wildman–Crippen LogP) is 2.09. The lowest BCUT2D eigenvalue weighted by Gasteiger charge is -2.03. The van der Waals surface area contributed by atoms with Crippen molar-refractivity contribution >= 4 is 17.1 Å². The van der Waals surface area contributed by atoms with E-state index in [0.717, 1.165) is 5.52 Å². The Morgan fingerprint density at radius 1 is 1.29 bits per heavy atom. The molecule has 0 fully saturated rings. The van der Waals surface area contributed by atoms with Gasteiger partial charge in [-0.15, -0.1) is 0 Å². The molecule has 3 rings (SSSR count). The number of aromatic nitrogens is 3. The van der Waals surface area contributed by atoms with Gasteiger partial charge < -0.3 is 20.2 Å². The van der Waals surface area contributed by atoms with E-state index in [1.165, 1.54) is 0 Å². The molecular weight excluding hydrogens is 272 g/mol. The van der Waals surface area contributed by atoms with Gasteiger partial charge in [-0.2, -0.15) is 0 Å². The average molecular weight is 284 g/mol. The Morgan fingerprint density at radius 2 is 2.14 bits per heavy atom. The molecule has 7 nitrogen and oxygen atoms in total. The number of hydrogen-bond acceptors (Lipinski definition) is 5. The van der Waals surface area contributed by atoms with Crippen molar-refractivity contribution in [1.82, 2.24) is 15.0 Å². The third-order valence-electron chi connectivity index (χ3n) is 2.94. The van der Waals surface area contributed by atoms with E-state index < -0.39 is 6.09 Å². The highest BCUT2D eigenvalue weighted by Crippen LogP contribution is 2.31. The molecule has 1 amide bonds. The topological polar surface area (TPSA) is 103 Å². The molecule has 3 N–H and O–H groups in total. The van der Waals surface area contributed by atoms with E-state index in [4.69, 9.17) is 15.2 Å². The zero-order valence-electron chi connectivity index (χ0n) is 11.2. The van der Waals surface area contributed by atoms with Crippen LogP contribution in [0.3, 0.4) is 0 Å². The van der Waals surface area contributed by atoms with E-state index in [1.54, 1.807) is 37.7 Å². The van der Waals surface area contributed by atoms with E-state index in [1.807, 2.05) is 6.07 Å². The molecule has 0 aliphatic heterocycles. The van der Waals surface area contributed by atoms with Gasteiger partial charge in [0.2, 0.25) is 0 Å². The number of H-pyrrole nitrogens is 1. The van der Waals surface area contributed by atoms with Gasteiger partial charge in [0, 0.05) is 12.4 Å². The molecule has 0 aliphatic carbocycles. The number of aromatic amines is 1. The Hall–Kier alpha value is -3.09. The molecule has 0 radical (unpaired) electrons. The number of carbonyl (C=O) groups is 1. The Labute approximate surface area is 119 Å². The van der Waals surface area contributed by atoms with Crippen LogP contribution in [-0.4, -0.2) is 28.2 Å². The molecule has 0 bridgehead atoms. The predicted molar refractivity (Wildman–Crippen MR) is 76.1 cm³/mol. The fourth-order valence-corrected chi connectivity index (χ4v) is 2.06. The van der Waals surface area contributed by atoms with E-state index in [9.17, 15) is 4.79 Å². The summed E-state index contributed by atoms with van der Waals surface area (Å²) >= 11 is 0. The lowest BCUT2D eigenvalue weighted by Crippen LogP contribution is -2.16. The minimum Gasteiger partial charge on any atom is -0.496 e. The molecule has 3 aromatic rings. The van der Waals surface area contributed by atoms with Gasteiger partial charge in [0.15, 0.2) is 5.75 Å². The number of primary amides is 1. The molecule has 1 aromatic carbocycles. The van der Waals surface area contributed by atoms with Crippen molar-refractivity contribution < 1.29 is 14.3 Å². The molecule has 0 spiro atoms.